The standard InChI is InChI=1S/2C27H26N2O/c30-19-21-16-17-26-25(18-21)28-20-29(26)27(22-10-4-1-5-11-22,23-12-6-2-7-13-23)24-14-8-3-9-15-24;30-19-21-16-17-25-26(18-21)29(20-28-25)27(22-10-4-1-5-11-22,23-12-6-2-7-13-23)24-14-8-3-9-15-24/h2*1-15,20-21,30H,16-19H2. The van der Waals surface area contributed by atoms with Gasteiger partial charge in [-0.1, -0.05) is 182 Å². The van der Waals surface area contributed by atoms with Gasteiger partial charge in [-0.2, -0.15) is 0 Å². The zero-order valence-electron chi connectivity index (χ0n) is 34.0. The van der Waals surface area contributed by atoms with Crippen LogP contribution in [0.25, 0.3) is 0 Å². The van der Waals surface area contributed by atoms with Crippen LogP contribution in [0.2, 0.25) is 0 Å². The first-order valence-corrected chi connectivity index (χ1v) is 21.3. The van der Waals surface area contributed by atoms with Gasteiger partial charge in [-0.15, -0.1) is 0 Å². The first-order valence-electron chi connectivity index (χ1n) is 21.3. The van der Waals surface area contributed by atoms with Crippen molar-refractivity contribution in [1.29, 1.82) is 0 Å². The molecule has 0 aliphatic heterocycles. The van der Waals surface area contributed by atoms with Gasteiger partial charge in [0, 0.05) is 24.6 Å². The number of hydrogen-bond acceptors (Lipinski definition) is 4. The molecule has 2 unspecified atom stereocenters. The lowest BCUT2D eigenvalue weighted by atomic mass is 9.76. The summed E-state index contributed by atoms with van der Waals surface area (Å²) in [6.45, 7) is 0.452. The number of aliphatic hydroxyl groups excluding tert-OH is 2. The van der Waals surface area contributed by atoms with Crippen LogP contribution < -0.4 is 0 Å². The number of imidazole rings is 2. The predicted octanol–water partition coefficient (Wildman–Crippen LogP) is 9.64. The fourth-order valence-electron chi connectivity index (χ4n) is 9.91. The molecule has 2 aromatic heterocycles. The summed E-state index contributed by atoms with van der Waals surface area (Å²) in [6, 6.07) is 64.2. The number of benzene rings is 6. The Morgan fingerprint density at radius 1 is 0.400 bits per heavy atom. The molecular formula is C54H52N4O2. The molecule has 0 radical (unpaired) electrons. The molecule has 2 aliphatic rings. The summed E-state index contributed by atoms with van der Waals surface area (Å²) in [7, 11) is 0. The SMILES string of the molecule is OCC1CCc2c(ncn2C(c2ccccc2)(c2ccccc2)c2ccccc2)C1.OCC1CCc2ncn(C(c3ccccc3)(c3ccccc3)c3ccccc3)c2C1. The highest BCUT2D eigenvalue weighted by molar-refractivity contribution is 5.53. The molecule has 2 N–H and O–H groups in total. The molecule has 6 aromatic carbocycles. The third-order valence-electron chi connectivity index (χ3n) is 12.8. The fraction of sp³-hybridized carbons (Fsp3) is 0.222. The van der Waals surface area contributed by atoms with E-state index in [0.29, 0.717) is 5.92 Å². The van der Waals surface area contributed by atoms with Gasteiger partial charge in [-0.25, -0.2) is 9.97 Å². The Labute approximate surface area is 353 Å². The molecule has 8 aromatic rings. The van der Waals surface area contributed by atoms with Gasteiger partial charge >= 0.3 is 0 Å². The van der Waals surface area contributed by atoms with Crippen molar-refractivity contribution in [2.75, 3.05) is 13.2 Å². The average molecular weight is 789 g/mol. The molecule has 2 heterocycles. The van der Waals surface area contributed by atoms with E-state index in [-0.39, 0.29) is 19.1 Å². The summed E-state index contributed by atoms with van der Waals surface area (Å²) in [4.78, 5) is 9.70. The van der Waals surface area contributed by atoms with E-state index in [1.807, 2.05) is 12.7 Å². The first-order chi connectivity index (χ1) is 29.7. The summed E-state index contributed by atoms with van der Waals surface area (Å²) in [5.74, 6) is 0.591. The summed E-state index contributed by atoms with van der Waals surface area (Å²) >= 11 is 0. The summed E-state index contributed by atoms with van der Waals surface area (Å²) in [5, 5.41) is 19.6. The lowest BCUT2D eigenvalue weighted by molar-refractivity contribution is 0.209. The molecule has 0 saturated carbocycles. The number of aryl methyl sites for hydroxylation is 1. The van der Waals surface area contributed by atoms with Gasteiger partial charge in [0.25, 0.3) is 0 Å². The number of aromatic nitrogens is 4. The predicted molar refractivity (Wildman–Crippen MR) is 239 cm³/mol. The fourth-order valence-corrected chi connectivity index (χ4v) is 9.91. The van der Waals surface area contributed by atoms with E-state index in [1.165, 1.54) is 44.8 Å². The van der Waals surface area contributed by atoms with Gasteiger partial charge in [-0.3, -0.25) is 0 Å². The molecule has 10 rings (SSSR count). The highest BCUT2D eigenvalue weighted by atomic mass is 16.3. The number of hydrogen-bond donors (Lipinski definition) is 2. The normalized spacial score (nSPS) is 16.2. The van der Waals surface area contributed by atoms with Gasteiger partial charge < -0.3 is 19.3 Å². The molecule has 0 spiro atoms. The maximum absolute atomic E-state index is 9.87. The van der Waals surface area contributed by atoms with Crippen molar-refractivity contribution < 1.29 is 10.2 Å². The van der Waals surface area contributed by atoms with Gasteiger partial charge in [0.1, 0.15) is 11.1 Å². The minimum absolute atomic E-state index is 0.222. The Morgan fingerprint density at radius 3 is 1.08 bits per heavy atom. The minimum Gasteiger partial charge on any atom is -0.396 e. The van der Waals surface area contributed by atoms with Gasteiger partial charge in [0.2, 0.25) is 0 Å². The molecule has 0 fully saturated rings. The monoisotopic (exact) mass is 788 g/mol. The van der Waals surface area contributed by atoms with E-state index >= 15 is 0 Å². The van der Waals surface area contributed by atoms with Crippen molar-refractivity contribution in [2.45, 2.75) is 49.6 Å². The zero-order chi connectivity index (χ0) is 40.8. The molecule has 0 saturated heterocycles. The quantitative estimate of drug-likeness (QED) is 0.136. The summed E-state index contributed by atoms with van der Waals surface area (Å²) < 4.78 is 4.75. The van der Waals surface area contributed by atoms with E-state index in [1.54, 1.807) is 0 Å². The number of rotatable bonds is 10. The van der Waals surface area contributed by atoms with Crippen LogP contribution in [0, 0.1) is 11.8 Å². The van der Waals surface area contributed by atoms with E-state index in [0.717, 1.165) is 49.9 Å². The Kier molecular flexibility index (Phi) is 11.4. The van der Waals surface area contributed by atoms with Crippen LogP contribution in [0.5, 0.6) is 0 Å². The lowest BCUT2D eigenvalue weighted by Crippen LogP contribution is -2.39. The van der Waals surface area contributed by atoms with Crippen LogP contribution in [0.15, 0.2) is 195 Å². The van der Waals surface area contributed by atoms with Crippen LogP contribution in [-0.4, -0.2) is 42.5 Å². The molecule has 60 heavy (non-hydrogen) atoms. The van der Waals surface area contributed by atoms with E-state index in [2.05, 4.69) is 191 Å². The molecule has 2 atom stereocenters. The number of aliphatic hydroxyl groups is 2. The van der Waals surface area contributed by atoms with Crippen molar-refractivity contribution in [3.05, 3.63) is 251 Å². The Bertz CT molecular complexity index is 2380. The average Bonchev–Trinajstić information content (AvgIpc) is 3.96. The van der Waals surface area contributed by atoms with Gasteiger partial charge in [-0.05, 0) is 83.7 Å². The molecule has 6 nitrogen and oxygen atoms in total. The van der Waals surface area contributed by atoms with Crippen LogP contribution >= 0.6 is 0 Å². The third-order valence-corrected chi connectivity index (χ3v) is 12.8. The highest BCUT2D eigenvalue weighted by Crippen LogP contribution is 2.45. The lowest BCUT2D eigenvalue weighted by Gasteiger charge is -2.39. The van der Waals surface area contributed by atoms with Crippen molar-refractivity contribution in [2.24, 2.45) is 11.8 Å². The highest BCUT2D eigenvalue weighted by Gasteiger charge is 2.42. The maximum atomic E-state index is 9.87. The smallest absolute Gasteiger partial charge is 0.121 e. The number of nitrogens with zero attached hydrogens (tertiary/aromatic N) is 4. The van der Waals surface area contributed by atoms with Crippen molar-refractivity contribution >= 4 is 0 Å². The second-order valence-electron chi connectivity index (χ2n) is 16.2. The van der Waals surface area contributed by atoms with Crippen molar-refractivity contribution in [1.82, 2.24) is 19.1 Å². The Balaban J connectivity index is 0.000000154. The van der Waals surface area contributed by atoms with Crippen LogP contribution in [-0.2, 0) is 36.8 Å². The van der Waals surface area contributed by atoms with E-state index < -0.39 is 11.1 Å². The molecule has 0 amide bonds. The number of fused-ring (bicyclic) bond motifs is 2. The first kappa shape index (κ1) is 39.1. The molecule has 2 aliphatic carbocycles. The van der Waals surface area contributed by atoms with Crippen molar-refractivity contribution in [3.63, 3.8) is 0 Å². The topological polar surface area (TPSA) is 76.1 Å². The molecule has 300 valence electrons. The van der Waals surface area contributed by atoms with Gasteiger partial charge in [0.15, 0.2) is 0 Å². The minimum atomic E-state index is -0.526. The van der Waals surface area contributed by atoms with Crippen LogP contribution in [0.4, 0.5) is 0 Å². The summed E-state index contributed by atoms with van der Waals surface area (Å²) in [5.41, 5.74) is 11.0. The second kappa shape index (κ2) is 17.5. The summed E-state index contributed by atoms with van der Waals surface area (Å²) in [6.07, 6.45) is 9.54. The van der Waals surface area contributed by atoms with Gasteiger partial charge in [0.05, 0.1) is 24.0 Å². The molecule has 6 heteroatoms. The van der Waals surface area contributed by atoms with Crippen LogP contribution in [0.1, 0.15) is 69.0 Å². The second-order valence-corrected chi connectivity index (χ2v) is 16.2. The van der Waals surface area contributed by atoms with E-state index in [9.17, 15) is 10.2 Å². The van der Waals surface area contributed by atoms with E-state index in [4.69, 9.17) is 9.97 Å². The Morgan fingerprint density at radius 2 is 0.717 bits per heavy atom. The largest absolute Gasteiger partial charge is 0.396 e. The molecule has 0 bridgehead atoms. The maximum Gasteiger partial charge on any atom is 0.121 e. The van der Waals surface area contributed by atoms with Crippen LogP contribution in [0.3, 0.4) is 0 Å². The Hall–Kier alpha value is -6.34. The van der Waals surface area contributed by atoms with Crippen molar-refractivity contribution in [3.8, 4) is 0 Å². The zero-order valence-corrected chi connectivity index (χ0v) is 34.0. The molecular weight excluding hydrogens is 737 g/mol. The third kappa shape index (κ3) is 7.00.